The van der Waals surface area contributed by atoms with Crippen molar-refractivity contribution in [2.75, 3.05) is 26.7 Å². The van der Waals surface area contributed by atoms with Gasteiger partial charge in [0.2, 0.25) is 10.0 Å². The third-order valence-electron chi connectivity index (χ3n) is 3.75. The first-order valence-corrected chi connectivity index (χ1v) is 8.65. The van der Waals surface area contributed by atoms with E-state index in [-0.39, 0.29) is 10.5 Å². The summed E-state index contributed by atoms with van der Waals surface area (Å²) in [7, 11) is -1.76. The summed E-state index contributed by atoms with van der Waals surface area (Å²) >= 11 is 5.88. The quantitative estimate of drug-likeness (QED) is 0.915. The van der Waals surface area contributed by atoms with E-state index < -0.39 is 10.0 Å². The van der Waals surface area contributed by atoms with Gasteiger partial charge in [0.1, 0.15) is 11.0 Å². The van der Waals surface area contributed by atoms with Crippen LogP contribution in [0.25, 0.3) is 0 Å². The minimum Gasteiger partial charge on any atom is -0.319 e. The maximum atomic E-state index is 12.7. The lowest BCUT2D eigenvalue weighted by molar-refractivity contribution is 0.270. The minimum absolute atomic E-state index is 0.00423. The molecule has 1 aromatic rings. The first kappa shape index (κ1) is 16.2. The van der Waals surface area contributed by atoms with Gasteiger partial charge in [0.15, 0.2) is 0 Å². The number of halogens is 1. The van der Waals surface area contributed by atoms with Gasteiger partial charge in [-0.2, -0.15) is 9.57 Å². The van der Waals surface area contributed by atoms with E-state index in [2.05, 4.69) is 5.32 Å². The van der Waals surface area contributed by atoms with E-state index in [1.165, 1.54) is 22.5 Å². The molecule has 1 N–H and O–H groups in total. The van der Waals surface area contributed by atoms with E-state index in [4.69, 9.17) is 16.9 Å². The second kappa shape index (κ2) is 6.75. The molecule has 1 heterocycles. The monoisotopic (exact) mass is 327 g/mol. The molecule has 1 fully saturated rings. The molecule has 21 heavy (non-hydrogen) atoms. The zero-order valence-electron chi connectivity index (χ0n) is 11.8. The molecule has 0 saturated carbocycles. The fourth-order valence-corrected chi connectivity index (χ4v) is 4.46. The van der Waals surface area contributed by atoms with Crippen LogP contribution >= 0.6 is 11.6 Å². The van der Waals surface area contributed by atoms with Crippen LogP contribution in [-0.4, -0.2) is 39.4 Å². The van der Waals surface area contributed by atoms with Crippen molar-refractivity contribution in [3.8, 4) is 6.07 Å². The SMILES string of the molecule is CNCC1CCN(S(=O)(=O)c2cc(Cl)ccc2C#N)CC1. The molecule has 1 aromatic carbocycles. The summed E-state index contributed by atoms with van der Waals surface area (Å²) in [6, 6.07) is 6.25. The molecule has 2 rings (SSSR count). The molecule has 7 heteroatoms. The maximum Gasteiger partial charge on any atom is 0.244 e. The standard InChI is InChI=1S/C14H18ClN3O2S/c1-17-10-11-4-6-18(7-5-11)21(19,20)14-8-13(15)3-2-12(14)9-16/h2-3,8,11,17H,4-7,10H2,1H3. The Labute approximate surface area is 130 Å². The molecule has 1 aliphatic heterocycles. The van der Waals surface area contributed by atoms with Crippen LogP contribution in [0.15, 0.2) is 23.1 Å². The molecule has 0 spiro atoms. The molecule has 0 aromatic heterocycles. The predicted octanol–water partition coefficient (Wildman–Crippen LogP) is 1.83. The van der Waals surface area contributed by atoms with Crippen LogP contribution in [0.1, 0.15) is 18.4 Å². The summed E-state index contributed by atoms with van der Waals surface area (Å²) in [6.45, 7) is 1.85. The fraction of sp³-hybridized carbons (Fsp3) is 0.500. The Bertz CT molecular complexity index is 647. The topological polar surface area (TPSA) is 73.2 Å². The van der Waals surface area contributed by atoms with Gasteiger partial charge in [-0.15, -0.1) is 0 Å². The summed E-state index contributed by atoms with van der Waals surface area (Å²) < 4.78 is 26.8. The summed E-state index contributed by atoms with van der Waals surface area (Å²) in [5.41, 5.74) is 0.136. The van der Waals surface area contributed by atoms with E-state index in [0.717, 1.165) is 19.4 Å². The van der Waals surface area contributed by atoms with Crippen molar-refractivity contribution >= 4 is 21.6 Å². The number of hydrogen-bond donors (Lipinski definition) is 1. The van der Waals surface area contributed by atoms with Crippen LogP contribution in [0.3, 0.4) is 0 Å². The van der Waals surface area contributed by atoms with Gasteiger partial charge in [-0.3, -0.25) is 0 Å². The molecule has 0 unspecified atom stereocenters. The average molecular weight is 328 g/mol. The van der Waals surface area contributed by atoms with Gasteiger partial charge in [0.25, 0.3) is 0 Å². The molecule has 0 bridgehead atoms. The van der Waals surface area contributed by atoms with Crippen molar-refractivity contribution in [1.82, 2.24) is 9.62 Å². The molecule has 0 radical (unpaired) electrons. The number of rotatable bonds is 4. The van der Waals surface area contributed by atoms with Gasteiger partial charge in [-0.1, -0.05) is 11.6 Å². The zero-order valence-corrected chi connectivity index (χ0v) is 13.4. The van der Waals surface area contributed by atoms with Crippen molar-refractivity contribution in [3.05, 3.63) is 28.8 Å². The predicted molar refractivity (Wildman–Crippen MR) is 81.6 cm³/mol. The Morgan fingerprint density at radius 1 is 1.43 bits per heavy atom. The molecular weight excluding hydrogens is 310 g/mol. The summed E-state index contributed by atoms with van der Waals surface area (Å²) in [4.78, 5) is 0.00423. The van der Waals surface area contributed by atoms with E-state index in [0.29, 0.717) is 24.0 Å². The van der Waals surface area contributed by atoms with Crippen LogP contribution in [0.5, 0.6) is 0 Å². The van der Waals surface area contributed by atoms with Crippen LogP contribution in [-0.2, 0) is 10.0 Å². The molecule has 0 atom stereocenters. The molecular formula is C14H18ClN3O2S. The van der Waals surface area contributed by atoms with Gasteiger partial charge in [0.05, 0.1) is 5.56 Å². The van der Waals surface area contributed by atoms with Crippen LogP contribution in [0.2, 0.25) is 5.02 Å². The first-order valence-electron chi connectivity index (χ1n) is 6.83. The molecule has 0 amide bonds. The minimum atomic E-state index is -3.66. The van der Waals surface area contributed by atoms with Gasteiger partial charge < -0.3 is 5.32 Å². The molecule has 114 valence electrons. The Kier molecular flexibility index (Phi) is 5.22. The second-order valence-corrected chi connectivity index (χ2v) is 7.50. The summed E-state index contributed by atoms with van der Waals surface area (Å²) in [5, 5.41) is 12.5. The van der Waals surface area contributed by atoms with Crippen LogP contribution in [0, 0.1) is 17.2 Å². The van der Waals surface area contributed by atoms with E-state index in [1.807, 2.05) is 13.1 Å². The lowest BCUT2D eigenvalue weighted by Crippen LogP contribution is -2.40. The third kappa shape index (κ3) is 3.55. The smallest absolute Gasteiger partial charge is 0.244 e. The van der Waals surface area contributed by atoms with Gasteiger partial charge in [-0.05, 0) is 50.6 Å². The highest BCUT2D eigenvalue weighted by atomic mass is 35.5. The number of sulfonamides is 1. The van der Waals surface area contributed by atoms with E-state index in [9.17, 15) is 8.42 Å². The van der Waals surface area contributed by atoms with Gasteiger partial charge >= 0.3 is 0 Å². The Morgan fingerprint density at radius 2 is 2.10 bits per heavy atom. The Hall–Kier alpha value is -1.13. The highest BCUT2D eigenvalue weighted by Crippen LogP contribution is 2.27. The van der Waals surface area contributed by atoms with E-state index in [1.54, 1.807) is 0 Å². The molecule has 1 saturated heterocycles. The maximum absolute atomic E-state index is 12.7. The largest absolute Gasteiger partial charge is 0.319 e. The van der Waals surface area contributed by atoms with Crippen molar-refractivity contribution in [2.24, 2.45) is 5.92 Å². The number of nitrogens with one attached hydrogen (secondary N) is 1. The average Bonchev–Trinajstić information content (AvgIpc) is 2.48. The van der Waals surface area contributed by atoms with E-state index >= 15 is 0 Å². The first-order chi connectivity index (χ1) is 9.98. The van der Waals surface area contributed by atoms with Crippen LogP contribution < -0.4 is 5.32 Å². The van der Waals surface area contributed by atoms with Crippen molar-refractivity contribution < 1.29 is 8.42 Å². The summed E-state index contributed by atoms with van der Waals surface area (Å²) in [6.07, 6.45) is 1.64. The highest BCUT2D eigenvalue weighted by molar-refractivity contribution is 7.89. The lowest BCUT2D eigenvalue weighted by atomic mass is 9.98. The molecule has 0 aliphatic carbocycles. The zero-order chi connectivity index (χ0) is 15.5. The lowest BCUT2D eigenvalue weighted by Gasteiger charge is -2.31. The second-order valence-electron chi connectivity index (χ2n) is 5.16. The fourth-order valence-electron chi connectivity index (χ4n) is 2.58. The van der Waals surface area contributed by atoms with Gasteiger partial charge in [0, 0.05) is 18.1 Å². The summed E-state index contributed by atoms with van der Waals surface area (Å²) in [5.74, 6) is 0.497. The number of hydrogen-bond acceptors (Lipinski definition) is 4. The number of benzene rings is 1. The number of nitriles is 1. The van der Waals surface area contributed by atoms with Crippen LogP contribution in [0.4, 0.5) is 0 Å². The number of nitrogens with zero attached hydrogens (tertiary/aromatic N) is 2. The highest BCUT2D eigenvalue weighted by Gasteiger charge is 2.31. The third-order valence-corrected chi connectivity index (χ3v) is 5.92. The van der Waals surface area contributed by atoms with Gasteiger partial charge in [-0.25, -0.2) is 8.42 Å². The Balaban J connectivity index is 2.24. The van der Waals surface area contributed by atoms with Crippen molar-refractivity contribution in [2.45, 2.75) is 17.7 Å². The van der Waals surface area contributed by atoms with Crippen molar-refractivity contribution in [1.29, 1.82) is 5.26 Å². The number of piperidine rings is 1. The van der Waals surface area contributed by atoms with Crippen molar-refractivity contribution in [3.63, 3.8) is 0 Å². The molecule has 1 aliphatic rings. The molecule has 5 nitrogen and oxygen atoms in total. The normalized spacial score (nSPS) is 17.6. The Morgan fingerprint density at radius 3 is 2.67 bits per heavy atom.